The van der Waals surface area contributed by atoms with Gasteiger partial charge in [-0.2, -0.15) is 0 Å². The highest BCUT2D eigenvalue weighted by atomic mass is 127. The van der Waals surface area contributed by atoms with Crippen LogP contribution in [0.5, 0.6) is 5.75 Å². The number of rotatable bonds is 2. The van der Waals surface area contributed by atoms with Crippen LogP contribution in [0.25, 0.3) is 0 Å². The Kier molecular flexibility index (Phi) is 3.89. The van der Waals surface area contributed by atoms with E-state index in [1.807, 2.05) is 22.6 Å². The first-order valence-corrected chi connectivity index (χ1v) is 6.78. The smallest absolute Gasteiger partial charge is 0.350 e. The lowest BCUT2D eigenvalue weighted by molar-refractivity contribution is -0.222. The summed E-state index contributed by atoms with van der Waals surface area (Å²) in [6.45, 7) is 2.96. The minimum Gasteiger partial charge on any atom is -0.508 e. The Morgan fingerprint density at radius 2 is 1.85 bits per heavy atom. The van der Waals surface area contributed by atoms with Crippen LogP contribution in [0.1, 0.15) is 13.8 Å². The third kappa shape index (κ3) is 3.21. The zero-order valence-electron chi connectivity index (χ0n) is 10.8. The summed E-state index contributed by atoms with van der Waals surface area (Å²) in [5.41, 5.74) is 0.425. The summed E-state index contributed by atoms with van der Waals surface area (Å²) < 4.78 is 10.7. The number of hydrogen-bond donors (Lipinski definition) is 2. The molecule has 1 saturated heterocycles. The molecular weight excluding hydrogens is 377 g/mol. The number of halogens is 1. The Bertz CT molecular complexity index is 587. The van der Waals surface area contributed by atoms with Crippen molar-refractivity contribution in [1.82, 2.24) is 0 Å². The van der Waals surface area contributed by atoms with E-state index >= 15 is 0 Å². The Morgan fingerprint density at radius 3 is 2.40 bits per heavy atom. The molecule has 0 radical (unpaired) electrons. The molecule has 1 aliphatic heterocycles. The highest BCUT2D eigenvalue weighted by Gasteiger charge is 2.38. The number of hydrogen-bond acceptors (Lipinski definition) is 6. The van der Waals surface area contributed by atoms with E-state index in [1.54, 1.807) is 12.1 Å². The number of esters is 2. The summed E-state index contributed by atoms with van der Waals surface area (Å²) in [6, 6.07) is 4.66. The molecule has 20 heavy (non-hydrogen) atoms. The van der Waals surface area contributed by atoms with Gasteiger partial charge < -0.3 is 19.9 Å². The van der Waals surface area contributed by atoms with Gasteiger partial charge in [0.1, 0.15) is 5.75 Å². The molecule has 0 bridgehead atoms. The van der Waals surface area contributed by atoms with Crippen molar-refractivity contribution >= 4 is 40.2 Å². The first-order chi connectivity index (χ1) is 9.28. The summed E-state index contributed by atoms with van der Waals surface area (Å²) in [5, 5.41) is 12.1. The van der Waals surface area contributed by atoms with Gasteiger partial charge in [-0.25, -0.2) is 9.59 Å². The van der Waals surface area contributed by atoms with Crippen molar-refractivity contribution in [2.75, 3.05) is 5.32 Å². The van der Waals surface area contributed by atoms with E-state index in [1.165, 1.54) is 26.1 Å². The molecule has 0 unspecified atom stereocenters. The third-order valence-corrected chi connectivity index (χ3v) is 3.33. The molecule has 7 heteroatoms. The van der Waals surface area contributed by atoms with Crippen molar-refractivity contribution in [2.45, 2.75) is 19.6 Å². The maximum atomic E-state index is 11.7. The maximum absolute atomic E-state index is 11.7. The third-order valence-electron chi connectivity index (χ3n) is 2.44. The summed E-state index contributed by atoms with van der Waals surface area (Å²) in [4.78, 5) is 23.4. The van der Waals surface area contributed by atoms with Gasteiger partial charge >= 0.3 is 11.9 Å². The number of anilines is 1. The molecule has 106 valence electrons. The lowest BCUT2D eigenvalue weighted by Gasteiger charge is -2.29. The molecule has 1 heterocycles. The fourth-order valence-electron chi connectivity index (χ4n) is 1.55. The molecule has 0 aromatic heterocycles. The van der Waals surface area contributed by atoms with Crippen LogP contribution in [0, 0.1) is 3.57 Å². The fraction of sp³-hybridized carbons (Fsp3) is 0.231. The second-order valence-corrected chi connectivity index (χ2v) is 5.71. The number of carbonyl (C=O) groups excluding carboxylic acids is 2. The second-order valence-electron chi connectivity index (χ2n) is 4.55. The Balaban J connectivity index is 2.19. The molecule has 1 fully saturated rings. The number of aromatic hydroxyl groups is 1. The lowest BCUT2D eigenvalue weighted by atomic mass is 10.2. The van der Waals surface area contributed by atoms with Gasteiger partial charge in [0.25, 0.3) is 5.79 Å². The van der Waals surface area contributed by atoms with E-state index in [-0.39, 0.29) is 11.3 Å². The Labute approximate surface area is 128 Å². The largest absolute Gasteiger partial charge is 0.508 e. The zero-order valence-corrected chi connectivity index (χ0v) is 12.9. The van der Waals surface area contributed by atoms with Crippen molar-refractivity contribution in [1.29, 1.82) is 0 Å². The standard InChI is InChI=1S/C13H12INO5/c1-13(2)19-11(17)8(12(18)20-13)6-15-10-4-3-7(16)5-9(10)14/h3-6,15-16H,1-2H3. The molecule has 1 aromatic rings. The van der Waals surface area contributed by atoms with Crippen LogP contribution in [0.2, 0.25) is 0 Å². The molecule has 1 aromatic carbocycles. The molecular formula is C13H12INO5. The van der Waals surface area contributed by atoms with Crippen LogP contribution < -0.4 is 5.32 Å². The number of phenols is 1. The monoisotopic (exact) mass is 389 g/mol. The number of ether oxygens (including phenoxy) is 2. The van der Waals surface area contributed by atoms with Gasteiger partial charge in [0.2, 0.25) is 0 Å². The molecule has 2 rings (SSSR count). The van der Waals surface area contributed by atoms with E-state index in [0.717, 1.165) is 3.57 Å². The van der Waals surface area contributed by atoms with Gasteiger partial charge in [-0.1, -0.05) is 0 Å². The van der Waals surface area contributed by atoms with Gasteiger partial charge in [0.15, 0.2) is 5.57 Å². The van der Waals surface area contributed by atoms with Gasteiger partial charge in [0.05, 0.1) is 5.69 Å². The van der Waals surface area contributed by atoms with E-state index in [0.29, 0.717) is 5.69 Å². The minimum atomic E-state index is -1.25. The lowest BCUT2D eigenvalue weighted by Crippen LogP contribution is -2.42. The van der Waals surface area contributed by atoms with Crippen LogP contribution in [-0.2, 0) is 19.1 Å². The van der Waals surface area contributed by atoms with Crippen molar-refractivity contribution in [3.63, 3.8) is 0 Å². The van der Waals surface area contributed by atoms with Crippen molar-refractivity contribution in [2.24, 2.45) is 0 Å². The van der Waals surface area contributed by atoms with E-state index < -0.39 is 17.7 Å². The Hall–Kier alpha value is -1.77. The topological polar surface area (TPSA) is 84.9 Å². The molecule has 0 amide bonds. The van der Waals surface area contributed by atoms with E-state index in [2.05, 4.69) is 5.32 Å². The zero-order chi connectivity index (χ0) is 14.9. The summed E-state index contributed by atoms with van der Waals surface area (Å²) >= 11 is 2.01. The molecule has 0 aliphatic carbocycles. The van der Waals surface area contributed by atoms with E-state index in [4.69, 9.17) is 9.47 Å². The number of phenolic OH excluding ortho intramolecular Hbond substituents is 1. The molecule has 0 spiro atoms. The van der Waals surface area contributed by atoms with Gasteiger partial charge in [-0.3, -0.25) is 0 Å². The highest BCUT2D eigenvalue weighted by molar-refractivity contribution is 14.1. The number of nitrogens with one attached hydrogen (secondary N) is 1. The van der Waals surface area contributed by atoms with Crippen molar-refractivity contribution < 1.29 is 24.2 Å². The number of cyclic esters (lactones) is 2. The highest BCUT2D eigenvalue weighted by Crippen LogP contribution is 2.25. The normalized spacial score (nSPS) is 17.2. The minimum absolute atomic E-state index is 0.130. The molecule has 0 saturated carbocycles. The van der Waals surface area contributed by atoms with Crippen molar-refractivity contribution in [3.05, 3.63) is 33.5 Å². The van der Waals surface area contributed by atoms with Crippen LogP contribution in [0.4, 0.5) is 5.69 Å². The SMILES string of the molecule is CC1(C)OC(=O)C(=CNc2ccc(O)cc2I)C(=O)O1. The van der Waals surface area contributed by atoms with Crippen LogP contribution in [-0.4, -0.2) is 22.8 Å². The van der Waals surface area contributed by atoms with Gasteiger partial charge in [0, 0.05) is 23.6 Å². The first kappa shape index (κ1) is 14.6. The molecule has 0 atom stereocenters. The maximum Gasteiger partial charge on any atom is 0.350 e. The van der Waals surface area contributed by atoms with Crippen molar-refractivity contribution in [3.8, 4) is 5.75 Å². The predicted molar refractivity (Wildman–Crippen MR) is 78.8 cm³/mol. The fourth-order valence-corrected chi connectivity index (χ4v) is 2.20. The van der Waals surface area contributed by atoms with E-state index in [9.17, 15) is 14.7 Å². The predicted octanol–water partition coefficient (Wildman–Crippen LogP) is 2.13. The Morgan fingerprint density at radius 1 is 1.25 bits per heavy atom. The average molecular weight is 389 g/mol. The number of benzene rings is 1. The summed E-state index contributed by atoms with van der Waals surface area (Å²) in [7, 11) is 0. The van der Waals surface area contributed by atoms with Crippen LogP contribution >= 0.6 is 22.6 Å². The molecule has 6 nitrogen and oxygen atoms in total. The first-order valence-electron chi connectivity index (χ1n) is 5.70. The van der Waals surface area contributed by atoms with Crippen LogP contribution in [0.15, 0.2) is 30.0 Å². The molecule has 2 N–H and O–H groups in total. The number of carbonyl (C=O) groups is 2. The summed E-state index contributed by atoms with van der Waals surface area (Å²) in [5.74, 6) is -2.61. The molecule has 1 aliphatic rings. The van der Waals surface area contributed by atoms with Gasteiger partial charge in [-0.05, 0) is 40.8 Å². The summed E-state index contributed by atoms with van der Waals surface area (Å²) in [6.07, 6.45) is 1.23. The van der Waals surface area contributed by atoms with Crippen LogP contribution in [0.3, 0.4) is 0 Å². The van der Waals surface area contributed by atoms with Gasteiger partial charge in [-0.15, -0.1) is 0 Å². The second kappa shape index (κ2) is 5.31. The average Bonchev–Trinajstić information content (AvgIpc) is 2.28. The quantitative estimate of drug-likeness (QED) is 0.265.